The molecule has 0 unspecified atom stereocenters. The molecule has 582 valence electrons. The molecule has 102 heavy (non-hydrogen) atoms. The van der Waals surface area contributed by atoms with E-state index in [1.165, 1.54) is 128 Å². The normalized spacial score (nSPS) is 14.0. The number of likely N-dealkylation sites (tertiary alicyclic amines) is 2. The van der Waals surface area contributed by atoms with E-state index in [9.17, 15) is 28.8 Å². The molecule has 0 atom stereocenters. The van der Waals surface area contributed by atoms with Crippen molar-refractivity contribution < 1.29 is 57.2 Å². The molecule has 2 fully saturated rings. The molecule has 0 amide bonds. The van der Waals surface area contributed by atoms with Gasteiger partial charge in [0.2, 0.25) is 0 Å². The topological polar surface area (TPSA) is 164 Å². The van der Waals surface area contributed by atoms with Gasteiger partial charge in [0.25, 0.3) is 0 Å². The fourth-order valence-electron chi connectivity index (χ4n) is 14.0. The molecule has 0 radical (unpaired) electrons. The Balaban J connectivity index is 0.913. The number of esters is 6. The van der Waals surface area contributed by atoms with Crippen molar-refractivity contribution in [2.45, 2.75) is 361 Å². The van der Waals surface area contributed by atoms with E-state index in [0.717, 1.165) is 216 Å². The highest BCUT2D eigenvalue weighted by Crippen LogP contribution is 2.28. The summed E-state index contributed by atoms with van der Waals surface area (Å²) in [5.41, 5.74) is 1.66. The zero-order chi connectivity index (χ0) is 73.0. The predicted octanol–water partition coefficient (Wildman–Crippen LogP) is 22.2. The van der Waals surface area contributed by atoms with Gasteiger partial charge in [0.1, 0.15) is 23.7 Å². The summed E-state index contributed by atoms with van der Waals surface area (Å²) >= 11 is 0. The SMILES string of the molecule is CCCCCCCCC(CCCCCCCC)OC(=O)CCCCCCCC(=O)Oc1ccc(CC(=O)OCCC2CCN(CCSSCCN3CCC(CCOC(=O)Cc4ccc(OC(=O)CCCCCCCC(=O)OC(CCCCCCCC)CCCCCCCC)cc4)CC3)CC2)cc1. The predicted molar refractivity (Wildman–Crippen MR) is 422 cm³/mol. The third kappa shape index (κ3) is 48.9. The summed E-state index contributed by atoms with van der Waals surface area (Å²) in [5, 5.41) is 0. The Bertz CT molecular complexity index is 2220. The Morgan fingerprint density at radius 3 is 0.931 bits per heavy atom. The quantitative estimate of drug-likeness (QED) is 0.0202. The minimum absolute atomic E-state index is 0.0538. The van der Waals surface area contributed by atoms with Gasteiger partial charge in [-0.3, -0.25) is 28.8 Å². The number of unbranched alkanes of at least 4 members (excludes halogenated alkanes) is 28. The lowest BCUT2D eigenvalue weighted by Gasteiger charge is -2.32. The molecule has 0 aromatic heterocycles. The summed E-state index contributed by atoms with van der Waals surface area (Å²) in [6, 6.07) is 14.3. The summed E-state index contributed by atoms with van der Waals surface area (Å²) in [7, 11) is 3.96. The van der Waals surface area contributed by atoms with Gasteiger partial charge in [-0.2, -0.15) is 0 Å². The van der Waals surface area contributed by atoms with E-state index >= 15 is 0 Å². The van der Waals surface area contributed by atoms with Gasteiger partial charge < -0.3 is 38.2 Å². The molecule has 0 aliphatic carbocycles. The van der Waals surface area contributed by atoms with Gasteiger partial charge >= 0.3 is 35.8 Å². The van der Waals surface area contributed by atoms with E-state index in [1.807, 2.05) is 45.9 Å². The summed E-state index contributed by atoms with van der Waals surface area (Å²) in [6.45, 7) is 16.4. The number of ether oxygens (including phenoxy) is 6. The van der Waals surface area contributed by atoms with Crippen LogP contribution in [0.1, 0.15) is 347 Å². The van der Waals surface area contributed by atoms with E-state index in [1.54, 1.807) is 24.3 Å². The van der Waals surface area contributed by atoms with Crippen LogP contribution in [0.5, 0.6) is 11.5 Å². The molecule has 2 aromatic rings. The second kappa shape index (κ2) is 62.0. The highest BCUT2D eigenvalue weighted by Gasteiger charge is 2.23. The van der Waals surface area contributed by atoms with Gasteiger partial charge in [-0.15, -0.1) is 0 Å². The molecule has 2 saturated heterocycles. The highest BCUT2D eigenvalue weighted by molar-refractivity contribution is 8.76. The average Bonchev–Trinajstić information content (AvgIpc) is 0.953. The fourth-order valence-corrected chi connectivity index (χ4v) is 16.1. The van der Waals surface area contributed by atoms with Gasteiger partial charge in [0.15, 0.2) is 0 Å². The fraction of sp³-hybridized carbons (Fsp3) is 0.791. The number of carbonyl (C=O) groups excluding carboxylic acids is 6. The molecule has 16 heteroatoms. The van der Waals surface area contributed by atoms with Crippen LogP contribution in [0.25, 0.3) is 0 Å². The summed E-state index contributed by atoms with van der Waals surface area (Å²) in [5.74, 6) is 3.24. The van der Waals surface area contributed by atoms with E-state index in [-0.39, 0.29) is 60.9 Å². The van der Waals surface area contributed by atoms with Crippen LogP contribution in [0.2, 0.25) is 0 Å². The van der Waals surface area contributed by atoms with Crippen molar-refractivity contribution in [3.63, 3.8) is 0 Å². The highest BCUT2D eigenvalue weighted by atomic mass is 33.1. The minimum Gasteiger partial charge on any atom is -0.465 e. The smallest absolute Gasteiger partial charge is 0.311 e. The van der Waals surface area contributed by atoms with Crippen molar-refractivity contribution in [3.05, 3.63) is 59.7 Å². The monoisotopic (exact) mass is 1460 g/mol. The molecule has 4 rings (SSSR count). The Morgan fingerprint density at radius 1 is 0.353 bits per heavy atom. The van der Waals surface area contributed by atoms with Crippen LogP contribution in [0, 0.1) is 11.8 Å². The molecule has 0 saturated carbocycles. The summed E-state index contributed by atoms with van der Waals surface area (Å²) in [4.78, 5) is 81.3. The molecule has 2 aromatic carbocycles. The van der Waals surface area contributed by atoms with Gasteiger partial charge in [-0.1, -0.05) is 240 Å². The van der Waals surface area contributed by atoms with Gasteiger partial charge in [0.05, 0.1) is 26.1 Å². The number of carbonyl (C=O) groups is 6. The molecule has 14 nitrogen and oxygen atoms in total. The third-order valence-electron chi connectivity index (χ3n) is 20.7. The number of piperidine rings is 2. The maximum Gasteiger partial charge on any atom is 0.311 e. The first-order chi connectivity index (χ1) is 49.9. The number of benzene rings is 2. The van der Waals surface area contributed by atoms with Crippen molar-refractivity contribution in [3.8, 4) is 11.5 Å². The van der Waals surface area contributed by atoms with E-state index in [0.29, 0.717) is 62.2 Å². The van der Waals surface area contributed by atoms with Gasteiger partial charge in [0, 0.05) is 50.3 Å². The molecule has 0 spiro atoms. The van der Waals surface area contributed by atoms with Gasteiger partial charge in [-0.05, 0) is 189 Å². The standard InChI is InChI=1S/C86H144N2O12S2/c1-5-9-13-17-23-31-39-77(40-32-24-18-14-10-6-2)97-81(89)43-35-27-21-29-37-45-83(91)99-79-51-47-75(48-52-79)71-85(93)95-67-59-73-55-61-87(62-56-73)65-69-101-102-70-66-88-63-57-74(58-64-88)60-68-96-86(94)72-76-49-53-80(54-50-76)100-84(92)46-38-30-22-28-36-44-82(90)98-78(41-33-25-19-15-11-7-3)42-34-26-20-16-12-8-4/h47-54,73-74,77-78H,5-46,55-72H2,1-4H3. The van der Waals surface area contributed by atoms with Crippen molar-refractivity contribution in [2.24, 2.45) is 11.8 Å². The van der Waals surface area contributed by atoms with Crippen molar-refractivity contribution in [1.29, 1.82) is 0 Å². The maximum atomic E-state index is 12.8. The lowest BCUT2D eigenvalue weighted by atomic mass is 9.94. The van der Waals surface area contributed by atoms with Gasteiger partial charge in [-0.25, -0.2) is 0 Å². The van der Waals surface area contributed by atoms with Crippen LogP contribution >= 0.6 is 21.6 Å². The first kappa shape index (κ1) is 90.3. The van der Waals surface area contributed by atoms with Crippen LogP contribution < -0.4 is 9.47 Å². The van der Waals surface area contributed by atoms with Crippen LogP contribution in [0.4, 0.5) is 0 Å². The van der Waals surface area contributed by atoms with E-state index in [4.69, 9.17) is 28.4 Å². The molecule has 2 heterocycles. The van der Waals surface area contributed by atoms with Crippen molar-refractivity contribution in [1.82, 2.24) is 9.80 Å². The zero-order valence-corrected chi connectivity index (χ0v) is 66.6. The van der Waals surface area contributed by atoms with Crippen LogP contribution in [-0.4, -0.2) is 122 Å². The van der Waals surface area contributed by atoms with Crippen molar-refractivity contribution >= 4 is 57.4 Å². The number of hydrogen-bond donors (Lipinski definition) is 0. The van der Waals surface area contributed by atoms with Crippen LogP contribution in [0.3, 0.4) is 0 Å². The second-order valence-electron chi connectivity index (χ2n) is 29.8. The Morgan fingerprint density at radius 2 is 0.627 bits per heavy atom. The Kier molecular flexibility index (Phi) is 54.8. The Hall–Kier alpha value is -4.12. The van der Waals surface area contributed by atoms with E-state index in [2.05, 4.69) is 37.5 Å². The van der Waals surface area contributed by atoms with Crippen LogP contribution in [-0.2, 0) is 60.6 Å². The largest absolute Gasteiger partial charge is 0.465 e. The Labute approximate surface area is 628 Å². The molecule has 0 N–H and O–H groups in total. The number of rotatable bonds is 65. The molecular formula is C86H144N2O12S2. The first-order valence-electron chi connectivity index (χ1n) is 41.9. The second-order valence-corrected chi connectivity index (χ2v) is 32.5. The lowest BCUT2D eigenvalue weighted by Crippen LogP contribution is -2.36. The summed E-state index contributed by atoms with van der Waals surface area (Å²) < 4.78 is 34.5. The zero-order valence-electron chi connectivity index (χ0n) is 65.0. The molecule has 0 bridgehead atoms. The average molecular weight is 1460 g/mol. The van der Waals surface area contributed by atoms with Crippen molar-refractivity contribution in [2.75, 3.05) is 64.0 Å². The lowest BCUT2D eigenvalue weighted by molar-refractivity contribution is -0.151. The van der Waals surface area contributed by atoms with Crippen LogP contribution in [0.15, 0.2) is 48.5 Å². The summed E-state index contributed by atoms with van der Waals surface area (Å²) in [6.07, 6.45) is 51.2. The third-order valence-corrected chi connectivity index (χ3v) is 23.1. The molecule has 2 aliphatic heterocycles. The molecule has 2 aliphatic rings. The molecular weight excluding hydrogens is 1320 g/mol. The number of hydrogen-bond acceptors (Lipinski definition) is 16. The maximum absolute atomic E-state index is 12.8. The first-order valence-corrected chi connectivity index (χ1v) is 44.4. The minimum atomic E-state index is -0.257. The number of nitrogens with zero attached hydrogens (tertiary/aromatic N) is 2. The van der Waals surface area contributed by atoms with E-state index < -0.39 is 0 Å².